The molecule has 1 rings (SSSR count). The van der Waals surface area contributed by atoms with Gasteiger partial charge in [0.1, 0.15) is 6.54 Å². The second kappa shape index (κ2) is 8.76. The average Bonchev–Trinajstić information content (AvgIpc) is 2.51. The number of hydrogen-bond donors (Lipinski definition) is 0. The monoisotopic (exact) mass is 309 g/mol. The Morgan fingerprint density at radius 2 is 2.00 bits per heavy atom. The third-order valence-electron chi connectivity index (χ3n) is 2.32. The van der Waals surface area contributed by atoms with Crippen molar-refractivity contribution in [3.63, 3.8) is 0 Å². The van der Waals surface area contributed by atoms with Gasteiger partial charge in [0.05, 0.1) is 6.61 Å². The van der Waals surface area contributed by atoms with Crippen LogP contribution in [-0.2, 0) is 14.3 Å². The van der Waals surface area contributed by atoms with E-state index in [0.717, 1.165) is 5.56 Å². The van der Waals surface area contributed by atoms with Crippen LogP contribution in [0.4, 0.5) is 4.79 Å². The Labute approximate surface area is 127 Å². The molecule has 0 saturated carbocycles. The van der Waals surface area contributed by atoms with Gasteiger partial charge in [0.15, 0.2) is 0 Å². The topological polar surface area (TPSA) is 66.9 Å². The van der Waals surface area contributed by atoms with Gasteiger partial charge in [-0.25, -0.2) is 9.80 Å². The first-order valence-electron chi connectivity index (χ1n) is 6.12. The molecule has 0 atom stereocenters. The minimum absolute atomic E-state index is 0.0920. The number of carbonyl (C=O) groups excluding carboxylic acids is 3. The highest BCUT2D eigenvalue weighted by molar-refractivity contribution is 6.21. The smallest absolute Gasteiger partial charge is 0.444 e. The SMILES string of the molecule is CCOC(=O)N(Cl)N(C[C]=O)C(=O)C=Cc1ccccc1. The summed E-state index contributed by atoms with van der Waals surface area (Å²) in [7, 11) is 0. The fourth-order valence-electron chi connectivity index (χ4n) is 1.38. The highest BCUT2D eigenvalue weighted by Crippen LogP contribution is 2.08. The molecule has 0 aliphatic rings. The average molecular weight is 310 g/mol. The first kappa shape index (κ1) is 16.7. The molecule has 0 bridgehead atoms. The van der Waals surface area contributed by atoms with E-state index in [1.54, 1.807) is 19.1 Å². The number of nitrogens with zero attached hydrogens (tertiary/aromatic N) is 2. The molecule has 2 amide bonds. The van der Waals surface area contributed by atoms with Gasteiger partial charge in [0.2, 0.25) is 6.29 Å². The fourth-order valence-corrected chi connectivity index (χ4v) is 1.56. The summed E-state index contributed by atoms with van der Waals surface area (Å²) in [5.41, 5.74) is 0.790. The van der Waals surface area contributed by atoms with Crippen molar-refractivity contribution in [1.82, 2.24) is 9.54 Å². The summed E-state index contributed by atoms with van der Waals surface area (Å²) >= 11 is 5.68. The molecule has 0 fully saturated rings. The number of hydrogen-bond acceptors (Lipinski definition) is 4. The van der Waals surface area contributed by atoms with E-state index < -0.39 is 18.5 Å². The number of carbonyl (C=O) groups is 2. The molecule has 0 aliphatic carbocycles. The molecule has 7 heteroatoms. The van der Waals surface area contributed by atoms with E-state index in [0.29, 0.717) is 9.54 Å². The van der Waals surface area contributed by atoms with E-state index in [1.807, 2.05) is 18.2 Å². The van der Waals surface area contributed by atoms with Crippen LogP contribution >= 0.6 is 11.8 Å². The van der Waals surface area contributed by atoms with Crippen molar-refractivity contribution in [1.29, 1.82) is 0 Å². The summed E-state index contributed by atoms with van der Waals surface area (Å²) in [5, 5.41) is 0.714. The lowest BCUT2D eigenvalue weighted by molar-refractivity contribution is -0.133. The highest BCUT2D eigenvalue weighted by atomic mass is 35.5. The van der Waals surface area contributed by atoms with Gasteiger partial charge in [0, 0.05) is 17.9 Å². The van der Waals surface area contributed by atoms with E-state index in [4.69, 9.17) is 11.8 Å². The Balaban J connectivity index is 2.80. The predicted octanol–water partition coefficient (Wildman–Crippen LogP) is 2.17. The van der Waals surface area contributed by atoms with Gasteiger partial charge in [-0.2, -0.15) is 0 Å². The maximum absolute atomic E-state index is 12.0. The lowest BCUT2D eigenvalue weighted by atomic mass is 10.2. The number of benzene rings is 1. The minimum Gasteiger partial charge on any atom is -0.448 e. The molecule has 0 aromatic heterocycles. The lowest BCUT2D eigenvalue weighted by Gasteiger charge is -2.24. The molecule has 6 nitrogen and oxygen atoms in total. The molecule has 0 N–H and O–H groups in total. The summed E-state index contributed by atoms with van der Waals surface area (Å²) < 4.78 is 5.07. The number of rotatable bonds is 5. The van der Waals surface area contributed by atoms with Crippen molar-refractivity contribution >= 4 is 36.1 Å². The largest absolute Gasteiger partial charge is 0.448 e. The van der Waals surface area contributed by atoms with Crippen LogP contribution in [0.25, 0.3) is 6.08 Å². The quantitative estimate of drug-likeness (QED) is 0.475. The van der Waals surface area contributed by atoms with Gasteiger partial charge in [-0.15, -0.1) is 4.53 Å². The van der Waals surface area contributed by atoms with Crippen LogP contribution in [0, 0.1) is 0 Å². The van der Waals surface area contributed by atoms with Crippen LogP contribution in [0.3, 0.4) is 0 Å². The molecule has 1 aromatic carbocycles. The Morgan fingerprint density at radius 3 is 2.57 bits per heavy atom. The molecular formula is C14H14ClN2O4. The maximum Gasteiger partial charge on any atom is 0.444 e. The molecule has 0 unspecified atom stereocenters. The Bertz CT molecular complexity index is 519. The van der Waals surface area contributed by atoms with E-state index in [9.17, 15) is 14.4 Å². The zero-order valence-corrected chi connectivity index (χ0v) is 12.1. The van der Waals surface area contributed by atoms with Crippen molar-refractivity contribution < 1.29 is 19.1 Å². The van der Waals surface area contributed by atoms with Gasteiger partial charge in [-0.3, -0.25) is 9.59 Å². The van der Waals surface area contributed by atoms with Crippen molar-refractivity contribution in [3.05, 3.63) is 42.0 Å². The van der Waals surface area contributed by atoms with Crippen LogP contribution in [0.1, 0.15) is 12.5 Å². The molecule has 0 heterocycles. The van der Waals surface area contributed by atoms with E-state index in [1.165, 1.54) is 18.4 Å². The van der Waals surface area contributed by atoms with Gasteiger partial charge >= 0.3 is 6.09 Å². The summed E-state index contributed by atoms with van der Waals surface area (Å²) in [4.78, 5) is 33.9. The number of amides is 2. The zero-order valence-electron chi connectivity index (χ0n) is 11.4. The fraction of sp³-hybridized carbons (Fsp3) is 0.214. The van der Waals surface area contributed by atoms with Crippen LogP contribution in [-0.4, -0.2) is 41.0 Å². The summed E-state index contributed by atoms with van der Waals surface area (Å²) in [6, 6.07) is 9.06. The van der Waals surface area contributed by atoms with Crippen LogP contribution < -0.4 is 0 Å². The van der Waals surface area contributed by atoms with Crippen molar-refractivity contribution in [2.24, 2.45) is 0 Å². The van der Waals surface area contributed by atoms with Crippen molar-refractivity contribution in [2.75, 3.05) is 13.2 Å². The molecule has 0 spiro atoms. The highest BCUT2D eigenvalue weighted by Gasteiger charge is 2.24. The second-order valence-electron chi connectivity index (χ2n) is 3.74. The standard InChI is InChI=1S/C14H14ClN2O4/c1-2-21-14(20)17(15)16(10-11-18)13(19)9-8-12-6-4-3-5-7-12/h3-9H,2,10H2,1H3. The Morgan fingerprint density at radius 1 is 1.33 bits per heavy atom. The van der Waals surface area contributed by atoms with Crippen LogP contribution in [0.5, 0.6) is 0 Å². The molecular weight excluding hydrogens is 296 g/mol. The summed E-state index contributed by atoms with van der Waals surface area (Å²) in [5.74, 6) is -0.648. The van der Waals surface area contributed by atoms with Gasteiger partial charge in [-0.1, -0.05) is 30.3 Å². The molecule has 1 aromatic rings. The number of hydrazine groups is 1. The van der Waals surface area contributed by atoms with E-state index in [2.05, 4.69) is 4.74 Å². The van der Waals surface area contributed by atoms with Crippen LogP contribution in [0.15, 0.2) is 36.4 Å². The first-order chi connectivity index (χ1) is 10.1. The maximum atomic E-state index is 12.0. The predicted molar refractivity (Wildman–Crippen MR) is 77.6 cm³/mol. The molecule has 0 aliphatic heterocycles. The second-order valence-corrected chi connectivity index (χ2v) is 4.06. The van der Waals surface area contributed by atoms with Crippen molar-refractivity contribution in [3.8, 4) is 0 Å². The molecule has 1 radical (unpaired) electrons. The van der Waals surface area contributed by atoms with E-state index >= 15 is 0 Å². The normalized spacial score (nSPS) is 10.2. The molecule has 21 heavy (non-hydrogen) atoms. The number of ether oxygens (including phenoxy) is 1. The number of halogens is 1. The molecule has 111 valence electrons. The third kappa shape index (κ3) is 5.27. The zero-order chi connectivity index (χ0) is 15.7. The van der Waals surface area contributed by atoms with Gasteiger partial charge in [0.25, 0.3) is 5.91 Å². The third-order valence-corrected chi connectivity index (χ3v) is 2.64. The Hall–Kier alpha value is -2.34. The summed E-state index contributed by atoms with van der Waals surface area (Å²) in [6.07, 6.45) is 3.30. The Kier molecular flexibility index (Phi) is 6.97. The van der Waals surface area contributed by atoms with Crippen LogP contribution in [0.2, 0.25) is 0 Å². The molecule has 0 saturated heterocycles. The summed E-state index contributed by atoms with van der Waals surface area (Å²) in [6.45, 7) is 1.20. The first-order valence-corrected chi connectivity index (χ1v) is 6.46. The van der Waals surface area contributed by atoms with Gasteiger partial charge in [-0.05, 0) is 18.6 Å². The van der Waals surface area contributed by atoms with Gasteiger partial charge < -0.3 is 4.74 Å². The lowest BCUT2D eigenvalue weighted by Crippen LogP contribution is -2.44. The van der Waals surface area contributed by atoms with Crippen molar-refractivity contribution in [2.45, 2.75) is 6.92 Å². The van der Waals surface area contributed by atoms with E-state index in [-0.39, 0.29) is 6.61 Å². The minimum atomic E-state index is -0.948.